The van der Waals surface area contributed by atoms with Crippen LogP contribution in [0.4, 0.5) is 5.69 Å². The molecule has 0 bridgehead atoms. The number of hydrogen-bond donors (Lipinski definition) is 1. The van der Waals surface area contributed by atoms with E-state index in [1.54, 1.807) is 12.1 Å². The van der Waals surface area contributed by atoms with Crippen molar-refractivity contribution in [3.8, 4) is 28.6 Å². The molecule has 1 aliphatic rings. The van der Waals surface area contributed by atoms with Crippen molar-refractivity contribution in [1.82, 2.24) is 10.1 Å². The van der Waals surface area contributed by atoms with E-state index in [1.807, 2.05) is 38.1 Å². The van der Waals surface area contributed by atoms with Crippen LogP contribution in [0, 0.1) is 6.57 Å². The van der Waals surface area contributed by atoms with Crippen molar-refractivity contribution in [2.24, 2.45) is 0 Å². The lowest BCUT2D eigenvalue weighted by atomic mass is 10.0. The molecule has 1 N–H and O–H groups in total. The smallest absolute Gasteiger partial charge is 0.256 e. The summed E-state index contributed by atoms with van der Waals surface area (Å²) in [5, 5.41) is 14.2. The number of aliphatic hydroxyl groups excluding tert-OH is 1. The number of benzene rings is 2. The zero-order valence-electron chi connectivity index (χ0n) is 15.1. The average molecular weight is 361 g/mol. The Bertz CT molecular complexity index is 1030. The van der Waals surface area contributed by atoms with E-state index >= 15 is 0 Å². The number of rotatable bonds is 4. The van der Waals surface area contributed by atoms with Gasteiger partial charge in [0.2, 0.25) is 11.5 Å². The number of fused-ring (bicyclic) bond motifs is 1. The summed E-state index contributed by atoms with van der Waals surface area (Å²) in [6.45, 7) is 11.2. The molecule has 0 aliphatic heterocycles. The second-order valence-corrected chi connectivity index (χ2v) is 6.81. The molecule has 27 heavy (non-hydrogen) atoms. The van der Waals surface area contributed by atoms with Crippen LogP contribution >= 0.6 is 0 Å². The Balaban J connectivity index is 1.69. The molecule has 0 saturated heterocycles. The zero-order valence-corrected chi connectivity index (χ0v) is 15.1. The van der Waals surface area contributed by atoms with Gasteiger partial charge in [-0.2, -0.15) is 4.98 Å². The second-order valence-electron chi connectivity index (χ2n) is 6.81. The van der Waals surface area contributed by atoms with Gasteiger partial charge < -0.3 is 14.4 Å². The third-order valence-electron chi connectivity index (χ3n) is 4.59. The lowest BCUT2D eigenvalue weighted by molar-refractivity contribution is 0.180. The third-order valence-corrected chi connectivity index (χ3v) is 4.59. The number of aromatic nitrogens is 2. The molecule has 1 heterocycles. The summed E-state index contributed by atoms with van der Waals surface area (Å²) in [6.07, 6.45) is 1.06. The maximum Gasteiger partial charge on any atom is 0.256 e. The van der Waals surface area contributed by atoms with E-state index < -0.39 is 6.10 Å². The van der Waals surface area contributed by atoms with Crippen LogP contribution in [0.3, 0.4) is 0 Å². The van der Waals surface area contributed by atoms with E-state index in [0.717, 1.165) is 23.1 Å². The summed E-state index contributed by atoms with van der Waals surface area (Å²) in [5.74, 6) is 1.38. The second kappa shape index (κ2) is 6.86. The molecule has 3 aromatic rings. The minimum Gasteiger partial charge on any atom is -0.502 e. The monoisotopic (exact) mass is 361 g/mol. The maximum atomic E-state index is 10.1. The Kier molecular flexibility index (Phi) is 4.38. The van der Waals surface area contributed by atoms with Gasteiger partial charge in [0.1, 0.15) is 5.75 Å². The molecule has 1 aromatic heterocycles. The fourth-order valence-electron chi connectivity index (χ4n) is 3.38. The highest BCUT2D eigenvalue weighted by molar-refractivity contribution is 5.70. The molecule has 0 spiro atoms. The SMILES string of the molecule is [C-]#[N+]c1cc(-c2nc(-c3cccc4c3CC[C@H]4O)no2)ccc1OC(C)C. The molecule has 1 atom stereocenters. The lowest BCUT2D eigenvalue weighted by Gasteiger charge is -2.11. The highest BCUT2D eigenvalue weighted by atomic mass is 16.5. The van der Waals surface area contributed by atoms with Gasteiger partial charge in [-0.05, 0) is 56.0 Å². The van der Waals surface area contributed by atoms with Gasteiger partial charge in [0.15, 0.2) is 0 Å². The van der Waals surface area contributed by atoms with E-state index in [0.29, 0.717) is 35.1 Å². The van der Waals surface area contributed by atoms with Crippen molar-refractivity contribution in [3.05, 3.63) is 58.9 Å². The predicted molar refractivity (Wildman–Crippen MR) is 100 cm³/mol. The molecule has 1 aliphatic carbocycles. The van der Waals surface area contributed by atoms with Crippen LogP contribution in [-0.4, -0.2) is 21.4 Å². The van der Waals surface area contributed by atoms with Gasteiger partial charge in [-0.25, -0.2) is 4.85 Å². The molecule has 0 unspecified atom stereocenters. The van der Waals surface area contributed by atoms with Crippen LogP contribution in [0.2, 0.25) is 0 Å². The lowest BCUT2D eigenvalue weighted by Crippen LogP contribution is -2.05. The number of nitrogens with zero attached hydrogens (tertiary/aromatic N) is 3. The fourth-order valence-corrected chi connectivity index (χ4v) is 3.38. The van der Waals surface area contributed by atoms with Crippen LogP contribution in [0.1, 0.15) is 37.5 Å². The van der Waals surface area contributed by atoms with Crippen LogP contribution in [0.15, 0.2) is 40.9 Å². The van der Waals surface area contributed by atoms with Crippen molar-refractivity contribution >= 4 is 5.69 Å². The Morgan fingerprint density at radius 2 is 2.15 bits per heavy atom. The van der Waals surface area contributed by atoms with Crippen LogP contribution in [0.5, 0.6) is 5.75 Å². The Hall–Kier alpha value is -3.17. The van der Waals surface area contributed by atoms with E-state index in [-0.39, 0.29) is 6.10 Å². The maximum absolute atomic E-state index is 10.1. The molecule has 0 saturated carbocycles. The molecular weight excluding hydrogens is 342 g/mol. The van der Waals surface area contributed by atoms with Crippen LogP contribution in [0.25, 0.3) is 27.7 Å². The molecule has 0 radical (unpaired) electrons. The largest absolute Gasteiger partial charge is 0.502 e. The minimum absolute atomic E-state index is 0.0121. The van der Waals surface area contributed by atoms with Gasteiger partial charge in [-0.1, -0.05) is 23.4 Å². The Morgan fingerprint density at radius 1 is 1.30 bits per heavy atom. The molecule has 6 heteroatoms. The first kappa shape index (κ1) is 17.3. The quantitative estimate of drug-likeness (QED) is 0.681. The van der Waals surface area contributed by atoms with Gasteiger partial charge in [0.05, 0.1) is 18.8 Å². The zero-order chi connectivity index (χ0) is 19.0. The normalized spacial score (nSPS) is 15.6. The summed E-state index contributed by atoms with van der Waals surface area (Å²) in [4.78, 5) is 8.05. The van der Waals surface area contributed by atoms with Gasteiger partial charge >= 0.3 is 0 Å². The molecule has 136 valence electrons. The van der Waals surface area contributed by atoms with Crippen molar-refractivity contribution in [2.45, 2.75) is 38.9 Å². The molecular formula is C21H19N3O3. The van der Waals surface area contributed by atoms with Crippen LogP contribution < -0.4 is 4.74 Å². The number of hydrogen-bond acceptors (Lipinski definition) is 5. The topological polar surface area (TPSA) is 72.7 Å². The van der Waals surface area contributed by atoms with Crippen molar-refractivity contribution in [2.75, 3.05) is 0 Å². The molecule has 4 rings (SSSR count). The van der Waals surface area contributed by atoms with Gasteiger partial charge in [0, 0.05) is 11.1 Å². The predicted octanol–water partition coefficient (Wildman–Crippen LogP) is 4.72. The van der Waals surface area contributed by atoms with Gasteiger partial charge in [-0.3, -0.25) is 0 Å². The summed E-state index contributed by atoms with van der Waals surface area (Å²) >= 11 is 0. The first-order valence-electron chi connectivity index (χ1n) is 8.89. The van der Waals surface area contributed by atoms with Crippen LogP contribution in [-0.2, 0) is 6.42 Å². The molecule has 0 fully saturated rings. The van der Waals surface area contributed by atoms with E-state index in [2.05, 4.69) is 15.0 Å². The van der Waals surface area contributed by atoms with E-state index in [1.165, 1.54) is 0 Å². The van der Waals surface area contributed by atoms with E-state index in [9.17, 15) is 5.11 Å². The summed E-state index contributed by atoms with van der Waals surface area (Å²) in [5.41, 5.74) is 3.96. The Labute approximate surface area is 157 Å². The summed E-state index contributed by atoms with van der Waals surface area (Å²) < 4.78 is 11.1. The molecule has 6 nitrogen and oxygen atoms in total. The Morgan fingerprint density at radius 3 is 2.93 bits per heavy atom. The van der Waals surface area contributed by atoms with Gasteiger partial charge in [-0.15, -0.1) is 0 Å². The first-order valence-corrected chi connectivity index (χ1v) is 8.89. The first-order chi connectivity index (χ1) is 13.1. The fraction of sp³-hybridized carbons (Fsp3) is 0.286. The third kappa shape index (κ3) is 3.18. The average Bonchev–Trinajstić information content (AvgIpc) is 3.29. The van der Waals surface area contributed by atoms with Gasteiger partial charge in [0.25, 0.3) is 5.89 Å². The van der Waals surface area contributed by atoms with Crippen molar-refractivity contribution in [3.63, 3.8) is 0 Å². The van der Waals surface area contributed by atoms with Crippen molar-refractivity contribution < 1.29 is 14.4 Å². The van der Waals surface area contributed by atoms with Crippen molar-refractivity contribution in [1.29, 1.82) is 0 Å². The standard InChI is InChI=1S/C21H19N3O3/c1-12(2)26-19-10-7-13(11-17(19)22-3)21-23-20(24-27-21)16-6-4-5-15-14(16)8-9-18(15)25/h4-7,10-12,18,25H,8-9H2,1-2H3/t18-/m1/s1. The number of ether oxygens (including phenoxy) is 1. The highest BCUT2D eigenvalue weighted by Gasteiger charge is 2.25. The summed E-state index contributed by atoms with van der Waals surface area (Å²) in [7, 11) is 0. The molecule has 0 amide bonds. The molecule has 2 aromatic carbocycles. The summed E-state index contributed by atoms with van der Waals surface area (Å²) in [6, 6.07) is 11.0. The minimum atomic E-state index is -0.430. The highest BCUT2D eigenvalue weighted by Crippen LogP contribution is 2.38. The van der Waals surface area contributed by atoms with E-state index in [4.69, 9.17) is 15.8 Å². The number of aliphatic hydroxyl groups is 1.